The van der Waals surface area contributed by atoms with Gasteiger partial charge in [0.15, 0.2) is 5.75 Å². The van der Waals surface area contributed by atoms with Crippen LogP contribution in [0.15, 0.2) is 48.5 Å². The molecular formula is C18H18F4N2O3. The van der Waals surface area contributed by atoms with Crippen LogP contribution in [0.1, 0.15) is 18.5 Å². The summed E-state index contributed by atoms with van der Waals surface area (Å²) in [6, 6.07) is 11.3. The van der Waals surface area contributed by atoms with E-state index in [1.54, 1.807) is 37.3 Å². The maximum absolute atomic E-state index is 12.6. The highest BCUT2D eigenvalue weighted by Crippen LogP contribution is 2.32. The first-order valence-corrected chi connectivity index (χ1v) is 7.93. The summed E-state index contributed by atoms with van der Waals surface area (Å²) in [7, 11) is 0. The normalized spacial score (nSPS) is 13.3. The molecule has 1 amide bonds. The second-order valence-corrected chi connectivity index (χ2v) is 5.63. The number of rotatable bonds is 8. The molecule has 9 heteroatoms. The van der Waals surface area contributed by atoms with E-state index in [0.717, 1.165) is 23.8 Å². The van der Waals surface area contributed by atoms with Crippen molar-refractivity contribution >= 4 is 11.6 Å². The number of nitrogens with one attached hydrogen (secondary N) is 1. The summed E-state index contributed by atoms with van der Waals surface area (Å²) >= 11 is 0. The Morgan fingerprint density at radius 2 is 1.63 bits per heavy atom. The number of carbonyl (C=O) groups excluding carboxylic acids is 1. The zero-order chi connectivity index (χ0) is 20.0. The molecule has 2 aromatic carbocycles. The van der Waals surface area contributed by atoms with E-state index < -0.39 is 36.8 Å². The number of carbonyl (C=O) groups is 1. The Bertz CT molecular complexity index is 760. The number of hydrogen-bond donors (Lipinski definition) is 2. The second-order valence-electron chi connectivity index (χ2n) is 5.63. The lowest BCUT2D eigenvalue weighted by atomic mass is 9.94. The summed E-state index contributed by atoms with van der Waals surface area (Å²) < 4.78 is 58.2. The van der Waals surface area contributed by atoms with Crippen LogP contribution < -0.4 is 20.5 Å². The minimum absolute atomic E-state index is 0.117. The Balaban J connectivity index is 2.17. The summed E-state index contributed by atoms with van der Waals surface area (Å²) in [5, 5.41) is 2.43. The van der Waals surface area contributed by atoms with Crippen molar-refractivity contribution in [3.8, 4) is 11.5 Å². The Morgan fingerprint density at radius 3 is 2.22 bits per heavy atom. The third-order valence-electron chi connectivity index (χ3n) is 3.79. The average Bonchev–Trinajstić information content (AvgIpc) is 2.62. The third-order valence-corrected chi connectivity index (χ3v) is 3.79. The van der Waals surface area contributed by atoms with Gasteiger partial charge in [0.2, 0.25) is 5.91 Å². The SMILES string of the molecule is CC(C(=O)Nc1ccc(OC(F)F)cc1OC(F)F)C(N)c1ccccc1. The van der Waals surface area contributed by atoms with Crippen molar-refractivity contribution in [1.29, 1.82) is 0 Å². The van der Waals surface area contributed by atoms with Gasteiger partial charge < -0.3 is 20.5 Å². The van der Waals surface area contributed by atoms with Crippen molar-refractivity contribution in [2.24, 2.45) is 11.7 Å². The maximum Gasteiger partial charge on any atom is 0.387 e. The molecule has 2 atom stereocenters. The molecule has 0 radical (unpaired) electrons. The van der Waals surface area contributed by atoms with E-state index in [9.17, 15) is 22.4 Å². The van der Waals surface area contributed by atoms with Gasteiger partial charge in [-0.15, -0.1) is 0 Å². The van der Waals surface area contributed by atoms with Gasteiger partial charge in [-0.2, -0.15) is 17.6 Å². The van der Waals surface area contributed by atoms with Crippen molar-refractivity contribution in [2.75, 3.05) is 5.32 Å². The Kier molecular flexibility index (Phi) is 7.00. The number of halogens is 4. The Labute approximate surface area is 153 Å². The van der Waals surface area contributed by atoms with Gasteiger partial charge in [0, 0.05) is 12.1 Å². The molecule has 2 aromatic rings. The number of benzene rings is 2. The smallest absolute Gasteiger partial charge is 0.387 e. The largest absolute Gasteiger partial charge is 0.435 e. The van der Waals surface area contributed by atoms with Crippen LogP contribution in [-0.2, 0) is 4.79 Å². The van der Waals surface area contributed by atoms with E-state index in [2.05, 4.69) is 14.8 Å². The standard InChI is InChI=1S/C18H18F4N2O3/c1-10(15(23)11-5-3-2-4-6-11)16(25)24-13-8-7-12(26-17(19)20)9-14(13)27-18(21)22/h2-10,15,17-18H,23H2,1H3,(H,24,25). The minimum atomic E-state index is -3.22. The lowest BCUT2D eigenvalue weighted by Crippen LogP contribution is -2.30. The third kappa shape index (κ3) is 5.85. The van der Waals surface area contributed by atoms with Crippen LogP contribution in [0, 0.1) is 5.92 Å². The van der Waals surface area contributed by atoms with Crippen LogP contribution in [-0.4, -0.2) is 19.1 Å². The number of alkyl halides is 4. The van der Waals surface area contributed by atoms with E-state index in [1.165, 1.54) is 0 Å². The van der Waals surface area contributed by atoms with Gasteiger partial charge in [0.25, 0.3) is 0 Å². The van der Waals surface area contributed by atoms with E-state index in [4.69, 9.17) is 5.73 Å². The number of anilines is 1. The van der Waals surface area contributed by atoms with E-state index in [-0.39, 0.29) is 11.4 Å². The molecule has 0 aliphatic carbocycles. The summed E-state index contributed by atoms with van der Waals surface area (Å²) in [6.07, 6.45) is 0. The topological polar surface area (TPSA) is 73.6 Å². The molecule has 0 aliphatic rings. The molecule has 2 rings (SSSR count). The molecule has 5 nitrogen and oxygen atoms in total. The van der Waals surface area contributed by atoms with Gasteiger partial charge in [0.05, 0.1) is 11.6 Å². The lowest BCUT2D eigenvalue weighted by molar-refractivity contribution is -0.120. The van der Waals surface area contributed by atoms with Crippen molar-refractivity contribution in [1.82, 2.24) is 0 Å². The molecule has 0 fully saturated rings. The van der Waals surface area contributed by atoms with Gasteiger partial charge in [-0.25, -0.2) is 0 Å². The predicted octanol–water partition coefficient (Wildman–Crippen LogP) is 4.16. The number of hydrogen-bond acceptors (Lipinski definition) is 4. The average molecular weight is 386 g/mol. The molecular weight excluding hydrogens is 368 g/mol. The Hall–Kier alpha value is -2.81. The highest BCUT2D eigenvalue weighted by Gasteiger charge is 2.24. The molecule has 0 heterocycles. The van der Waals surface area contributed by atoms with E-state index >= 15 is 0 Å². The van der Waals surface area contributed by atoms with Crippen LogP contribution in [0.4, 0.5) is 23.2 Å². The molecule has 0 aliphatic heterocycles. The first-order chi connectivity index (χ1) is 12.8. The molecule has 0 bridgehead atoms. The van der Waals surface area contributed by atoms with Crippen LogP contribution in [0.25, 0.3) is 0 Å². The van der Waals surface area contributed by atoms with Gasteiger partial charge in [-0.1, -0.05) is 37.3 Å². The van der Waals surface area contributed by atoms with Crippen LogP contribution in [0.2, 0.25) is 0 Å². The monoisotopic (exact) mass is 386 g/mol. The fourth-order valence-electron chi connectivity index (χ4n) is 2.35. The van der Waals surface area contributed by atoms with Crippen molar-refractivity contribution < 1.29 is 31.8 Å². The quantitative estimate of drug-likeness (QED) is 0.668. The predicted molar refractivity (Wildman–Crippen MR) is 90.9 cm³/mol. The number of ether oxygens (including phenoxy) is 2. The summed E-state index contributed by atoms with van der Waals surface area (Å²) in [5.41, 5.74) is 6.69. The lowest BCUT2D eigenvalue weighted by Gasteiger charge is -2.21. The van der Waals surface area contributed by atoms with Crippen molar-refractivity contribution in [3.05, 3.63) is 54.1 Å². The van der Waals surface area contributed by atoms with Crippen LogP contribution in [0.5, 0.6) is 11.5 Å². The molecule has 27 heavy (non-hydrogen) atoms. The molecule has 0 saturated carbocycles. The molecule has 0 saturated heterocycles. The number of amides is 1. The number of nitrogens with two attached hydrogens (primary N) is 1. The minimum Gasteiger partial charge on any atom is -0.435 e. The summed E-state index contributed by atoms with van der Waals surface area (Å²) in [5.74, 6) is -2.14. The maximum atomic E-state index is 12.6. The fourth-order valence-corrected chi connectivity index (χ4v) is 2.35. The molecule has 146 valence electrons. The van der Waals surface area contributed by atoms with Crippen molar-refractivity contribution in [3.63, 3.8) is 0 Å². The van der Waals surface area contributed by atoms with Gasteiger partial charge >= 0.3 is 13.2 Å². The zero-order valence-electron chi connectivity index (χ0n) is 14.2. The second kappa shape index (κ2) is 9.22. The fraction of sp³-hybridized carbons (Fsp3) is 0.278. The highest BCUT2D eigenvalue weighted by molar-refractivity contribution is 5.94. The zero-order valence-corrected chi connectivity index (χ0v) is 14.2. The van der Waals surface area contributed by atoms with Crippen molar-refractivity contribution in [2.45, 2.75) is 26.2 Å². The van der Waals surface area contributed by atoms with Crippen LogP contribution in [0.3, 0.4) is 0 Å². The van der Waals surface area contributed by atoms with Gasteiger partial charge in [0.1, 0.15) is 5.75 Å². The first-order valence-electron chi connectivity index (χ1n) is 7.93. The van der Waals surface area contributed by atoms with E-state index in [1.807, 2.05) is 0 Å². The van der Waals surface area contributed by atoms with E-state index in [0.29, 0.717) is 0 Å². The molecule has 0 spiro atoms. The van der Waals surface area contributed by atoms with Crippen LogP contribution >= 0.6 is 0 Å². The first kappa shape index (κ1) is 20.5. The van der Waals surface area contributed by atoms with Gasteiger partial charge in [-0.3, -0.25) is 4.79 Å². The highest BCUT2D eigenvalue weighted by atomic mass is 19.3. The van der Waals surface area contributed by atoms with Gasteiger partial charge in [-0.05, 0) is 17.7 Å². The summed E-state index contributed by atoms with van der Waals surface area (Å²) in [6.45, 7) is -4.77. The molecule has 2 unspecified atom stereocenters. The Morgan fingerprint density at radius 1 is 1.00 bits per heavy atom. The molecule has 3 N–H and O–H groups in total. The summed E-state index contributed by atoms with van der Waals surface area (Å²) in [4.78, 5) is 12.4. The molecule has 0 aromatic heterocycles.